The molecule has 4 heteroatoms. The summed E-state index contributed by atoms with van der Waals surface area (Å²) in [6.07, 6.45) is 0. The molecule has 4 nitrogen and oxygen atoms in total. The van der Waals surface area contributed by atoms with E-state index in [2.05, 4.69) is 156 Å². The summed E-state index contributed by atoms with van der Waals surface area (Å²) in [4.78, 5) is 10.0. The second kappa shape index (κ2) is 13.1. The van der Waals surface area contributed by atoms with Gasteiger partial charge in [0.2, 0.25) is 0 Å². The van der Waals surface area contributed by atoms with Crippen molar-refractivity contribution in [3.63, 3.8) is 0 Å². The quantitative estimate of drug-likeness (QED) is 0.172. The zero-order valence-electron chi connectivity index (χ0n) is 30.3. The molecule has 56 heavy (non-hydrogen) atoms. The fourth-order valence-corrected chi connectivity index (χ4v) is 8.12. The summed E-state index contributed by atoms with van der Waals surface area (Å²) in [6, 6.07) is 70.3. The predicted molar refractivity (Wildman–Crippen MR) is 231 cm³/mol. The predicted octanol–water partition coefficient (Wildman–Crippen LogP) is 13.8. The van der Waals surface area contributed by atoms with Crippen LogP contribution in [0.15, 0.2) is 205 Å². The Morgan fingerprint density at radius 3 is 1.75 bits per heavy atom. The highest BCUT2D eigenvalue weighted by Crippen LogP contribution is 2.39. The molecule has 0 atom stereocenters. The van der Waals surface area contributed by atoms with E-state index in [0.717, 1.165) is 83.5 Å². The van der Waals surface area contributed by atoms with Gasteiger partial charge in [-0.3, -0.25) is 0 Å². The van der Waals surface area contributed by atoms with E-state index in [1.165, 1.54) is 16.3 Å². The van der Waals surface area contributed by atoms with Gasteiger partial charge in [0, 0.05) is 49.5 Å². The fourth-order valence-electron chi connectivity index (χ4n) is 8.12. The van der Waals surface area contributed by atoms with Crippen molar-refractivity contribution in [3.05, 3.63) is 200 Å². The summed E-state index contributed by atoms with van der Waals surface area (Å²) in [7, 11) is 0. The first-order chi connectivity index (χ1) is 27.7. The molecule has 262 valence electrons. The highest BCUT2D eigenvalue weighted by atomic mass is 16.3. The lowest BCUT2D eigenvalue weighted by molar-refractivity contribution is 0.670. The Hall–Kier alpha value is -7.56. The molecule has 11 aromatic rings. The topological polar surface area (TPSA) is 43.9 Å². The third-order valence-corrected chi connectivity index (χ3v) is 10.8. The Labute approximate surface area is 323 Å². The number of para-hydroxylation sites is 3. The maximum absolute atomic E-state index is 6.43. The third kappa shape index (κ3) is 5.39. The van der Waals surface area contributed by atoms with Gasteiger partial charge in [-0.25, -0.2) is 9.97 Å². The summed E-state index contributed by atoms with van der Waals surface area (Å²) >= 11 is 0. The molecule has 0 fully saturated rings. The lowest BCUT2D eigenvalue weighted by Crippen LogP contribution is -1.95. The Kier molecular flexibility index (Phi) is 7.46. The van der Waals surface area contributed by atoms with Crippen LogP contribution in [0.2, 0.25) is 0 Å². The molecule has 0 unspecified atom stereocenters. The molecule has 3 heterocycles. The summed E-state index contributed by atoms with van der Waals surface area (Å²) < 4.78 is 8.81. The largest absolute Gasteiger partial charge is 0.455 e. The minimum absolute atomic E-state index is 0.713. The summed E-state index contributed by atoms with van der Waals surface area (Å²) in [5, 5.41) is 4.69. The molecule has 0 aliphatic rings. The van der Waals surface area contributed by atoms with E-state index in [9.17, 15) is 0 Å². The summed E-state index contributed by atoms with van der Waals surface area (Å²) in [5.74, 6) is 0.713. The van der Waals surface area contributed by atoms with Crippen molar-refractivity contribution in [2.45, 2.75) is 0 Å². The number of nitrogens with zero attached hydrogens (tertiary/aromatic N) is 3. The van der Waals surface area contributed by atoms with Gasteiger partial charge >= 0.3 is 0 Å². The zero-order chi connectivity index (χ0) is 37.0. The van der Waals surface area contributed by atoms with Crippen LogP contribution in [0.4, 0.5) is 0 Å². The lowest BCUT2D eigenvalue weighted by Gasteiger charge is -2.11. The molecular formula is C52H33N3O. The van der Waals surface area contributed by atoms with E-state index in [1.807, 2.05) is 48.5 Å². The SMILES string of the molecule is c1ccc(-c2cc(-c3ccc(-c4ccc5c(c4)c4ccccc4n5-c4cccc(-c5cccc6c5oc5ccccc56)c4)cc3)nc(-c3ccccc3)n2)cc1. The molecule has 0 saturated heterocycles. The first kappa shape index (κ1) is 31.9. The normalized spacial score (nSPS) is 11.6. The van der Waals surface area contributed by atoms with Gasteiger partial charge in [-0.1, -0.05) is 158 Å². The second-order valence-corrected chi connectivity index (χ2v) is 14.2. The average Bonchev–Trinajstić information content (AvgIpc) is 3.83. The number of rotatable bonds is 6. The Morgan fingerprint density at radius 1 is 0.357 bits per heavy atom. The highest BCUT2D eigenvalue weighted by Gasteiger charge is 2.17. The molecular weight excluding hydrogens is 683 g/mol. The number of hydrogen-bond donors (Lipinski definition) is 0. The Morgan fingerprint density at radius 2 is 0.946 bits per heavy atom. The molecule has 0 amide bonds. The summed E-state index contributed by atoms with van der Waals surface area (Å²) in [5.41, 5.74) is 14.7. The van der Waals surface area contributed by atoms with E-state index < -0.39 is 0 Å². The molecule has 0 radical (unpaired) electrons. The van der Waals surface area contributed by atoms with Crippen LogP contribution in [0.25, 0.3) is 106 Å². The molecule has 0 spiro atoms. The lowest BCUT2D eigenvalue weighted by atomic mass is 10.00. The van der Waals surface area contributed by atoms with E-state index >= 15 is 0 Å². The number of aromatic nitrogens is 3. The maximum Gasteiger partial charge on any atom is 0.160 e. The van der Waals surface area contributed by atoms with Crippen LogP contribution >= 0.6 is 0 Å². The smallest absolute Gasteiger partial charge is 0.160 e. The van der Waals surface area contributed by atoms with Gasteiger partial charge in [0.05, 0.1) is 22.4 Å². The van der Waals surface area contributed by atoms with E-state index in [0.29, 0.717) is 5.82 Å². The number of fused-ring (bicyclic) bond motifs is 6. The van der Waals surface area contributed by atoms with Crippen molar-refractivity contribution in [2.75, 3.05) is 0 Å². The second-order valence-electron chi connectivity index (χ2n) is 14.2. The van der Waals surface area contributed by atoms with Crippen LogP contribution in [0, 0.1) is 0 Å². The standard InChI is InChI=1S/C52H33N3O/c1-3-13-35(14-4-1)46-33-47(54-52(53-46)37-15-5-2-6-16-37)36-27-25-34(26-28-36)38-29-30-49-45(32-38)42-19-7-9-23-48(42)55(49)40-18-11-17-39(31-40)41-21-12-22-44-43-20-8-10-24-50(43)56-51(41)44/h1-33H. The van der Waals surface area contributed by atoms with E-state index in [4.69, 9.17) is 14.4 Å². The molecule has 0 bridgehead atoms. The van der Waals surface area contributed by atoms with Gasteiger partial charge in [-0.15, -0.1) is 0 Å². The number of furan rings is 1. The van der Waals surface area contributed by atoms with Gasteiger partial charge in [-0.2, -0.15) is 0 Å². The van der Waals surface area contributed by atoms with E-state index in [1.54, 1.807) is 0 Å². The summed E-state index contributed by atoms with van der Waals surface area (Å²) in [6.45, 7) is 0. The van der Waals surface area contributed by atoms with Crippen molar-refractivity contribution in [2.24, 2.45) is 0 Å². The minimum Gasteiger partial charge on any atom is -0.455 e. The van der Waals surface area contributed by atoms with Gasteiger partial charge < -0.3 is 8.98 Å². The van der Waals surface area contributed by atoms with Gasteiger partial charge in [0.15, 0.2) is 5.82 Å². The van der Waals surface area contributed by atoms with Gasteiger partial charge in [-0.05, 0) is 59.2 Å². The molecule has 3 aromatic heterocycles. The fraction of sp³-hybridized carbons (Fsp3) is 0. The van der Waals surface area contributed by atoms with Crippen LogP contribution in [0.3, 0.4) is 0 Å². The molecule has 0 aliphatic heterocycles. The molecule has 8 aromatic carbocycles. The van der Waals surface area contributed by atoms with Crippen molar-refractivity contribution < 1.29 is 4.42 Å². The highest BCUT2D eigenvalue weighted by molar-refractivity contribution is 6.11. The van der Waals surface area contributed by atoms with Crippen molar-refractivity contribution in [1.82, 2.24) is 14.5 Å². The molecule has 0 N–H and O–H groups in total. The van der Waals surface area contributed by atoms with Crippen molar-refractivity contribution >= 4 is 43.7 Å². The van der Waals surface area contributed by atoms with Crippen LogP contribution in [0.1, 0.15) is 0 Å². The van der Waals surface area contributed by atoms with Crippen LogP contribution in [-0.2, 0) is 0 Å². The monoisotopic (exact) mass is 715 g/mol. The van der Waals surface area contributed by atoms with Crippen LogP contribution in [-0.4, -0.2) is 14.5 Å². The zero-order valence-corrected chi connectivity index (χ0v) is 30.3. The van der Waals surface area contributed by atoms with Crippen LogP contribution < -0.4 is 0 Å². The van der Waals surface area contributed by atoms with Gasteiger partial charge in [0.1, 0.15) is 11.2 Å². The van der Waals surface area contributed by atoms with Crippen molar-refractivity contribution in [3.8, 4) is 61.8 Å². The third-order valence-electron chi connectivity index (χ3n) is 10.8. The Balaban J connectivity index is 0.983. The van der Waals surface area contributed by atoms with Crippen molar-refractivity contribution in [1.29, 1.82) is 0 Å². The maximum atomic E-state index is 6.43. The minimum atomic E-state index is 0.713. The van der Waals surface area contributed by atoms with E-state index in [-0.39, 0.29) is 0 Å². The van der Waals surface area contributed by atoms with Gasteiger partial charge in [0.25, 0.3) is 0 Å². The first-order valence-corrected chi connectivity index (χ1v) is 18.9. The first-order valence-electron chi connectivity index (χ1n) is 18.9. The number of benzene rings is 8. The Bertz CT molecular complexity index is 3170. The molecule has 0 aliphatic carbocycles. The van der Waals surface area contributed by atoms with Crippen LogP contribution in [0.5, 0.6) is 0 Å². The molecule has 11 rings (SSSR count). The molecule has 0 saturated carbocycles. The average molecular weight is 716 g/mol. The number of hydrogen-bond acceptors (Lipinski definition) is 3.